The van der Waals surface area contributed by atoms with Crippen molar-refractivity contribution < 1.29 is 18.0 Å². The number of sulfonamides is 1. The summed E-state index contributed by atoms with van der Waals surface area (Å²) in [4.78, 5) is 27.1. The number of nitrogens with zero attached hydrogens (tertiary/aromatic N) is 2. The largest absolute Gasteiger partial charge is 0.339 e. The van der Waals surface area contributed by atoms with Gasteiger partial charge in [-0.25, -0.2) is 8.42 Å². The summed E-state index contributed by atoms with van der Waals surface area (Å²) in [6, 6.07) is 11.0. The van der Waals surface area contributed by atoms with Gasteiger partial charge in [-0.2, -0.15) is 4.31 Å². The van der Waals surface area contributed by atoms with Gasteiger partial charge in [0.05, 0.1) is 5.02 Å². The average Bonchev–Trinajstić information content (AvgIpc) is 3.20. The first-order chi connectivity index (χ1) is 15.9. The van der Waals surface area contributed by atoms with Crippen molar-refractivity contribution in [3.63, 3.8) is 0 Å². The van der Waals surface area contributed by atoms with Crippen molar-refractivity contribution in [2.45, 2.75) is 43.4 Å². The van der Waals surface area contributed by atoms with E-state index in [0.717, 1.165) is 51.6 Å². The summed E-state index contributed by atoms with van der Waals surface area (Å²) >= 11 is 6.23. The molecule has 2 aromatic rings. The number of hydrogen-bond acceptors (Lipinski definition) is 4. The molecule has 0 atom stereocenters. The van der Waals surface area contributed by atoms with Crippen LogP contribution in [0.4, 0.5) is 5.69 Å². The third-order valence-corrected chi connectivity index (χ3v) is 8.54. The van der Waals surface area contributed by atoms with E-state index in [1.165, 1.54) is 22.5 Å². The second-order valence-electron chi connectivity index (χ2n) is 8.49. The summed E-state index contributed by atoms with van der Waals surface area (Å²) < 4.78 is 27.8. The van der Waals surface area contributed by atoms with Crippen LogP contribution >= 0.6 is 11.6 Å². The molecule has 2 aliphatic rings. The Bertz CT molecular complexity index is 1120. The maximum atomic E-state index is 13.2. The van der Waals surface area contributed by atoms with E-state index in [1.807, 2.05) is 4.90 Å². The van der Waals surface area contributed by atoms with E-state index in [-0.39, 0.29) is 21.4 Å². The number of carbonyl (C=O) groups is 2. The van der Waals surface area contributed by atoms with Crippen LogP contribution in [0.3, 0.4) is 0 Å². The second kappa shape index (κ2) is 10.2. The SMILES string of the molecule is O=C(Nc1ccc(C(=O)N2CCCC2)cc1)c1ccc(Cl)c(S(=O)(=O)N2CCCCCC2)c1. The van der Waals surface area contributed by atoms with Gasteiger partial charge in [0.25, 0.3) is 11.8 Å². The van der Waals surface area contributed by atoms with Crippen LogP contribution in [0, 0.1) is 0 Å². The van der Waals surface area contributed by atoms with Gasteiger partial charge in [-0.1, -0.05) is 24.4 Å². The molecule has 2 saturated heterocycles. The number of amides is 2. The maximum Gasteiger partial charge on any atom is 0.255 e. The van der Waals surface area contributed by atoms with Gasteiger partial charge in [0.2, 0.25) is 10.0 Å². The molecule has 2 heterocycles. The predicted molar refractivity (Wildman–Crippen MR) is 128 cm³/mol. The molecule has 2 aliphatic heterocycles. The molecule has 0 aromatic heterocycles. The Morgan fingerprint density at radius 1 is 0.788 bits per heavy atom. The normalized spacial score (nSPS) is 17.5. The minimum Gasteiger partial charge on any atom is -0.339 e. The van der Waals surface area contributed by atoms with Crippen molar-refractivity contribution in [3.05, 3.63) is 58.6 Å². The van der Waals surface area contributed by atoms with Crippen molar-refractivity contribution in [1.82, 2.24) is 9.21 Å². The van der Waals surface area contributed by atoms with Crippen molar-refractivity contribution in [2.24, 2.45) is 0 Å². The molecule has 176 valence electrons. The first kappa shape index (κ1) is 23.7. The fourth-order valence-electron chi connectivity index (χ4n) is 4.27. The lowest BCUT2D eigenvalue weighted by atomic mass is 10.1. The zero-order chi connectivity index (χ0) is 23.4. The fraction of sp³-hybridized carbons (Fsp3) is 0.417. The predicted octanol–water partition coefficient (Wildman–Crippen LogP) is 4.39. The topological polar surface area (TPSA) is 86.8 Å². The molecule has 0 aliphatic carbocycles. The molecular weight excluding hydrogens is 462 g/mol. The van der Waals surface area contributed by atoms with E-state index in [2.05, 4.69) is 5.32 Å². The highest BCUT2D eigenvalue weighted by Crippen LogP contribution is 2.28. The first-order valence-corrected chi connectivity index (χ1v) is 13.2. The van der Waals surface area contributed by atoms with Gasteiger partial charge < -0.3 is 10.2 Å². The van der Waals surface area contributed by atoms with Gasteiger partial charge in [-0.3, -0.25) is 9.59 Å². The average molecular weight is 490 g/mol. The zero-order valence-electron chi connectivity index (χ0n) is 18.4. The Kier molecular flexibility index (Phi) is 7.36. The van der Waals surface area contributed by atoms with Crippen LogP contribution in [0.25, 0.3) is 0 Å². The van der Waals surface area contributed by atoms with E-state index < -0.39 is 15.9 Å². The van der Waals surface area contributed by atoms with Crippen LogP contribution in [0.5, 0.6) is 0 Å². The molecule has 0 unspecified atom stereocenters. The number of benzene rings is 2. The molecule has 1 N–H and O–H groups in total. The highest BCUT2D eigenvalue weighted by atomic mass is 35.5. The Morgan fingerprint density at radius 3 is 2.00 bits per heavy atom. The smallest absolute Gasteiger partial charge is 0.255 e. The van der Waals surface area contributed by atoms with E-state index >= 15 is 0 Å². The molecule has 0 spiro atoms. The lowest BCUT2D eigenvalue weighted by Crippen LogP contribution is -2.32. The van der Waals surface area contributed by atoms with Gasteiger partial charge in [-0.05, 0) is 68.1 Å². The number of halogens is 1. The summed E-state index contributed by atoms with van der Waals surface area (Å²) in [7, 11) is -3.79. The first-order valence-electron chi connectivity index (χ1n) is 11.4. The fourth-order valence-corrected chi connectivity index (χ4v) is 6.28. The Morgan fingerprint density at radius 2 is 1.36 bits per heavy atom. The highest BCUT2D eigenvalue weighted by Gasteiger charge is 2.28. The zero-order valence-corrected chi connectivity index (χ0v) is 20.0. The summed E-state index contributed by atoms with van der Waals surface area (Å²) in [5.41, 5.74) is 1.29. The monoisotopic (exact) mass is 489 g/mol. The molecule has 9 heteroatoms. The van der Waals surface area contributed by atoms with E-state index in [0.29, 0.717) is 24.3 Å². The number of anilines is 1. The Balaban J connectivity index is 1.49. The van der Waals surface area contributed by atoms with Crippen molar-refractivity contribution in [1.29, 1.82) is 0 Å². The standard InChI is InChI=1S/C24H28ClN3O4S/c25-21-12-9-19(17-22(21)33(31,32)28-15-3-1-2-4-16-28)23(29)26-20-10-7-18(8-11-20)24(30)27-13-5-6-14-27/h7-12,17H,1-6,13-16H2,(H,26,29). The van der Waals surface area contributed by atoms with E-state index in [4.69, 9.17) is 11.6 Å². The third kappa shape index (κ3) is 5.39. The Labute approximate surface area is 199 Å². The lowest BCUT2D eigenvalue weighted by molar-refractivity contribution is 0.0792. The molecule has 33 heavy (non-hydrogen) atoms. The van der Waals surface area contributed by atoms with Gasteiger partial charge in [0.1, 0.15) is 4.90 Å². The summed E-state index contributed by atoms with van der Waals surface area (Å²) in [5.74, 6) is -0.455. The highest BCUT2D eigenvalue weighted by molar-refractivity contribution is 7.89. The minimum absolute atomic E-state index is 0.00793. The van der Waals surface area contributed by atoms with Crippen molar-refractivity contribution in [3.8, 4) is 0 Å². The number of carbonyl (C=O) groups excluding carboxylic acids is 2. The van der Waals surface area contributed by atoms with Crippen molar-refractivity contribution >= 4 is 39.1 Å². The molecule has 0 bridgehead atoms. The number of hydrogen-bond donors (Lipinski definition) is 1. The van der Waals surface area contributed by atoms with E-state index in [9.17, 15) is 18.0 Å². The van der Waals surface area contributed by atoms with Crippen LogP contribution in [-0.4, -0.2) is 55.6 Å². The molecule has 0 radical (unpaired) electrons. The molecular formula is C24H28ClN3O4S. The summed E-state index contributed by atoms with van der Waals surface area (Å²) in [5, 5.41) is 2.86. The molecule has 2 fully saturated rings. The van der Waals surface area contributed by atoms with Crippen LogP contribution < -0.4 is 5.32 Å². The summed E-state index contributed by atoms with van der Waals surface area (Å²) in [6.07, 6.45) is 5.68. The van der Waals surface area contributed by atoms with Crippen LogP contribution in [0.15, 0.2) is 47.4 Å². The van der Waals surface area contributed by atoms with Gasteiger partial charge in [0.15, 0.2) is 0 Å². The van der Waals surface area contributed by atoms with Crippen LogP contribution in [-0.2, 0) is 10.0 Å². The van der Waals surface area contributed by atoms with Crippen LogP contribution in [0.1, 0.15) is 59.2 Å². The van der Waals surface area contributed by atoms with Gasteiger partial charge in [-0.15, -0.1) is 0 Å². The maximum absolute atomic E-state index is 13.2. The molecule has 4 rings (SSSR count). The van der Waals surface area contributed by atoms with E-state index in [1.54, 1.807) is 24.3 Å². The molecule has 7 nitrogen and oxygen atoms in total. The number of likely N-dealkylation sites (tertiary alicyclic amines) is 1. The quantitative estimate of drug-likeness (QED) is 0.674. The minimum atomic E-state index is -3.79. The molecule has 2 aromatic carbocycles. The van der Waals surface area contributed by atoms with Crippen molar-refractivity contribution in [2.75, 3.05) is 31.5 Å². The van der Waals surface area contributed by atoms with Gasteiger partial charge in [0, 0.05) is 43.0 Å². The Hall–Kier alpha value is -2.42. The molecule has 2 amide bonds. The van der Waals surface area contributed by atoms with Crippen LogP contribution in [0.2, 0.25) is 5.02 Å². The third-order valence-electron chi connectivity index (χ3n) is 6.16. The lowest BCUT2D eigenvalue weighted by Gasteiger charge is -2.21. The number of rotatable bonds is 5. The molecule has 0 saturated carbocycles. The second-order valence-corrected chi connectivity index (χ2v) is 10.8. The summed E-state index contributed by atoms with van der Waals surface area (Å²) in [6.45, 7) is 2.46. The number of nitrogens with one attached hydrogen (secondary N) is 1. The van der Waals surface area contributed by atoms with Gasteiger partial charge >= 0.3 is 0 Å².